The van der Waals surface area contributed by atoms with Crippen LogP contribution in [0.15, 0.2) is 35.2 Å². The molecule has 0 aliphatic carbocycles. The minimum absolute atomic E-state index is 0.0166. The number of rotatable bonds is 6. The average Bonchev–Trinajstić information content (AvgIpc) is 3.22. The first-order chi connectivity index (χ1) is 17.0. The van der Waals surface area contributed by atoms with Gasteiger partial charge in [-0.2, -0.15) is 5.01 Å². The van der Waals surface area contributed by atoms with Gasteiger partial charge in [0, 0.05) is 11.6 Å². The highest BCUT2D eigenvalue weighted by molar-refractivity contribution is 8.26. The molecule has 0 unspecified atom stereocenters. The van der Waals surface area contributed by atoms with E-state index in [0.717, 1.165) is 27.2 Å². The number of carboxylic acid groups (broad SMARTS) is 1. The molecule has 2 aliphatic heterocycles. The minimum Gasteiger partial charge on any atom is -0.482 e. The number of amides is 3. The van der Waals surface area contributed by atoms with E-state index in [9.17, 15) is 24.3 Å². The summed E-state index contributed by atoms with van der Waals surface area (Å²) < 4.78 is 5.34. The number of ether oxygens (including phenoxy) is 1. The lowest BCUT2D eigenvalue weighted by molar-refractivity contribution is -0.136. The summed E-state index contributed by atoms with van der Waals surface area (Å²) in [5.74, 6) is -3.23. The van der Waals surface area contributed by atoms with Crippen LogP contribution in [0.25, 0.3) is 5.57 Å². The molecular formula is C22H14Cl3N3O6S2. The lowest BCUT2D eigenvalue weighted by atomic mass is 10.0. The number of nitrogens with one attached hydrogen (secondary N) is 1. The van der Waals surface area contributed by atoms with Gasteiger partial charge in [0.1, 0.15) is 12.3 Å². The van der Waals surface area contributed by atoms with Crippen LogP contribution in [0.5, 0.6) is 5.75 Å². The predicted molar refractivity (Wildman–Crippen MR) is 140 cm³/mol. The van der Waals surface area contributed by atoms with Crippen molar-refractivity contribution >= 4 is 98.1 Å². The molecule has 0 radical (unpaired) electrons. The van der Waals surface area contributed by atoms with Gasteiger partial charge in [0.05, 0.1) is 31.2 Å². The first kappa shape index (κ1) is 26.2. The molecule has 2 heterocycles. The van der Waals surface area contributed by atoms with Crippen molar-refractivity contribution in [2.24, 2.45) is 0 Å². The number of nitrogens with zero attached hydrogens (tertiary/aromatic N) is 2. The van der Waals surface area contributed by atoms with Crippen molar-refractivity contribution in [2.75, 3.05) is 18.1 Å². The van der Waals surface area contributed by atoms with E-state index < -0.39 is 36.8 Å². The predicted octanol–water partition coefficient (Wildman–Crippen LogP) is 4.07. The number of carbonyl (C=O) groups excluding carboxylic acids is 3. The van der Waals surface area contributed by atoms with Crippen LogP contribution in [0.2, 0.25) is 15.1 Å². The van der Waals surface area contributed by atoms with Crippen molar-refractivity contribution in [3.63, 3.8) is 0 Å². The summed E-state index contributed by atoms with van der Waals surface area (Å²) in [6.45, 7) is 0.686. The van der Waals surface area contributed by atoms with Gasteiger partial charge in [0.25, 0.3) is 17.7 Å². The number of carboxylic acids is 1. The SMILES string of the molecule is Cc1ccc2c(c1)C(=C1SC(=S)N(NC(=O)COc3cc(Cl)c(Cl)cc3Cl)C1=O)C(=O)N2CC(=O)O. The van der Waals surface area contributed by atoms with Gasteiger partial charge in [0.15, 0.2) is 10.9 Å². The third-order valence-electron chi connectivity index (χ3n) is 5.03. The van der Waals surface area contributed by atoms with Gasteiger partial charge >= 0.3 is 5.97 Å². The molecule has 3 amide bonds. The topological polar surface area (TPSA) is 116 Å². The second-order valence-corrected chi connectivity index (χ2v) is 10.4. The summed E-state index contributed by atoms with van der Waals surface area (Å²) in [4.78, 5) is 51.2. The van der Waals surface area contributed by atoms with Crippen molar-refractivity contribution in [2.45, 2.75) is 6.92 Å². The smallest absolute Gasteiger partial charge is 0.323 e. The van der Waals surface area contributed by atoms with Crippen LogP contribution >= 0.6 is 58.8 Å². The Hall–Kier alpha value is -2.83. The number of carbonyl (C=O) groups is 4. The molecule has 2 N–H and O–H groups in total. The van der Waals surface area contributed by atoms with E-state index in [0.29, 0.717) is 11.3 Å². The molecule has 0 saturated carbocycles. The van der Waals surface area contributed by atoms with E-state index in [4.69, 9.17) is 51.8 Å². The normalized spacial score (nSPS) is 17.1. The Balaban J connectivity index is 1.56. The molecule has 2 aromatic rings. The number of aliphatic carboxylic acids is 1. The fourth-order valence-corrected chi connectivity index (χ4v) is 5.33. The number of anilines is 1. The summed E-state index contributed by atoms with van der Waals surface area (Å²) in [7, 11) is 0. The fourth-order valence-electron chi connectivity index (χ4n) is 3.49. The number of thiocarbonyl (C=S) groups is 1. The summed E-state index contributed by atoms with van der Waals surface area (Å²) in [6, 6.07) is 7.74. The van der Waals surface area contributed by atoms with Crippen molar-refractivity contribution in [1.29, 1.82) is 0 Å². The molecule has 2 aliphatic rings. The van der Waals surface area contributed by atoms with Gasteiger partial charge in [-0.15, -0.1) is 0 Å². The van der Waals surface area contributed by atoms with E-state index in [-0.39, 0.29) is 35.6 Å². The van der Waals surface area contributed by atoms with E-state index in [2.05, 4.69) is 5.43 Å². The monoisotopic (exact) mass is 585 g/mol. The van der Waals surface area contributed by atoms with Crippen molar-refractivity contribution in [3.05, 3.63) is 61.4 Å². The lowest BCUT2D eigenvalue weighted by Crippen LogP contribution is -2.46. The van der Waals surface area contributed by atoms with Crippen LogP contribution in [0, 0.1) is 6.92 Å². The molecule has 0 atom stereocenters. The van der Waals surface area contributed by atoms with Crippen molar-refractivity contribution in [3.8, 4) is 5.75 Å². The van der Waals surface area contributed by atoms with Crippen LogP contribution in [0.3, 0.4) is 0 Å². The molecule has 0 bridgehead atoms. The van der Waals surface area contributed by atoms with E-state index in [1.54, 1.807) is 25.1 Å². The quantitative estimate of drug-likeness (QED) is 0.296. The Morgan fingerprint density at radius 3 is 2.47 bits per heavy atom. The lowest BCUT2D eigenvalue weighted by Gasteiger charge is -2.16. The average molecular weight is 587 g/mol. The number of aryl methyl sites for hydroxylation is 1. The largest absolute Gasteiger partial charge is 0.482 e. The van der Waals surface area contributed by atoms with Crippen LogP contribution in [-0.4, -0.2) is 51.3 Å². The zero-order valence-corrected chi connectivity index (χ0v) is 22.0. The minimum atomic E-state index is -1.21. The van der Waals surface area contributed by atoms with Gasteiger partial charge in [-0.1, -0.05) is 58.2 Å². The van der Waals surface area contributed by atoms with Crippen LogP contribution < -0.4 is 15.1 Å². The number of hydrazine groups is 1. The molecule has 0 spiro atoms. The van der Waals surface area contributed by atoms with Crippen LogP contribution in [0.1, 0.15) is 11.1 Å². The Labute approximate surface area is 228 Å². The van der Waals surface area contributed by atoms with Crippen LogP contribution in [-0.2, 0) is 19.2 Å². The third kappa shape index (κ3) is 5.02. The first-order valence-electron chi connectivity index (χ1n) is 10.00. The maximum Gasteiger partial charge on any atom is 0.323 e. The molecular weight excluding hydrogens is 573 g/mol. The van der Waals surface area contributed by atoms with Gasteiger partial charge in [-0.05, 0) is 37.3 Å². The number of hydrogen-bond donors (Lipinski definition) is 2. The van der Waals surface area contributed by atoms with Crippen molar-refractivity contribution in [1.82, 2.24) is 10.4 Å². The Morgan fingerprint density at radius 1 is 1.08 bits per heavy atom. The maximum atomic E-state index is 13.2. The third-order valence-corrected chi connectivity index (χ3v) is 7.42. The number of benzene rings is 2. The van der Waals surface area contributed by atoms with Crippen molar-refractivity contribution < 1.29 is 29.0 Å². The Morgan fingerprint density at radius 2 is 1.78 bits per heavy atom. The molecule has 1 saturated heterocycles. The molecule has 1 fully saturated rings. The van der Waals surface area contributed by atoms with Gasteiger partial charge < -0.3 is 9.84 Å². The van der Waals surface area contributed by atoms with Crippen LogP contribution in [0.4, 0.5) is 5.69 Å². The molecule has 2 aromatic carbocycles. The summed E-state index contributed by atoms with van der Waals surface area (Å²) in [6.07, 6.45) is 0. The number of halogens is 3. The Kier molecular flexibility index (Phi) is 7.48. The number of thioether (sulfide) groups is 1. The molecule has 9 nitrogen and oxygen atoms in total. The second-order valence-electron chi connectivity index (χ2n) is 7.54. The Bertz CT molecular complexity index is 1400. The molecule has 186 valence electrons. The zero-order chi connectivity index (χ0) is 26.3. The molecule has 14 heteroatoms. The molecule has 36 heavy (non-hydrogen) atoms. The van der Waals surface area contributed by atoms with E-state index in [1.807, 2.05) is 0 Å². The summed E-state index contributed by atoms with van der Waals surface area (Å²) in [5, 5.41) is 10.6. The van der Waals surface area contributed by atoms with E-state index in [1.165, 1.54) is 12.1 Å². The standard InChI is InChI=1S/C22H14Cl3N3O6S2/c1-9-2-3-14-10(4-9)18(20(32)27(14)7-17(30)31)19-21(33)28(22(35)36-19)26-16(29)8-34-15-6-12(24)11(23)5-13(15)25/h2-6H,7-8H2,1H3,(H,26,29)(H,30,31). The highest BCUT2D eigenvalue weighted by atomic mass is 35.5. The second kappa shape index (κ2) is 10.3. The number of hydrogen-bond acceptors (Lipinski definition) is 7. The van der Waals surface area contributed by atoms with E-state index >= 15 is 0 Å². The van der Waals surface area contributed by atoms with Gasteiger partial charge in [0.2, 0.25) is 0 Å². The molecule has 4 rings (SSSR count). The fraction of sp³-hybridized carbons (Fsp3) is 0.136. The first-order valence-corrected chi connectivity index (χ1v) is 12.4. The maximum absolute atomic E-state index is 13.2. The summed E-state index contributed by atoms with van der Waals surface area (Å²) >= 11 is 23.9. The van der Waals surface area contributed by atoms with Gasteiger partial charge in [-0.3, -0.25) is 29.5 Å². The highest BCUT2D eigenvalue weighted by Crippen LogP contribution is 2.44. The van der Waals surface area contributed by atoms with Gasteiger partial charge in [-0.25, -0.2) is 0 Å². The molecule has 0 aromatic heterocycles. The summed E-state index contributed by atoms with van der Waals surface area (Å²) in [5.41, 5.74) is 3.94. The zero-order valence-electron chi connectivity index (χ0n) is 18.1. The highest BCUT2D eigenvalue weighted by Gasteiger charge is 2.43. The number of fused-ring (bicyclic) bond motifs is 1.